The lowest BCUT2D eigenvalue weighted by Gasteiger charge is -1.99. The zero-order valence-electron chi connectivity index (χ0n) is 10.4. The normalized spacial score (nSPS) is 11.2. The summed E-state index contributed by atoms with van der Waals surface area (Å²) < 4.78 is 27.3. The lowest BCUT2D eigenvalue weighted by Crippen LogP contribution is -2.02. The molecule has 0 atom stereocenters. The molecular formula is C12H11N3O3S. The summed E-state index contributed by atoms with van der Waals surface area (Å²) >= 11 is 0. The van der Waals surface area contributed by atoms with E-state index < -0.39 is 9.84 Å². The molecule has 0 spiro atoms. The van der Waals surface area contributed by atoms with Crippen LogP contribution in [-0.4, -0.2) is 24.8 Å². The molecule has 0 aliphatic carbocycles. The van der Waals surface area contributed by atoms with E-state index in [0.29, 0.717) is 11.1 Å². The van der Waals surface area contributed by atoms with Crippen LogP contribution in [0.25, 0.3) is 11.5 Å². The summed E-state index contributed by atoms with van der Waals surface area (Å²) in [6.45, 7) is 1.82. The minimum Gasteiger partial charge on any atom is -0.334 e. The Balaban J connectivity index is 2.36. The first-order chi connectivity index (χ1) is 8.89. The molecule has 0 amide bonds. The van der Waals surface area contributed by atoms with E-state index in [9.17, 15) is 8.42 Å². The van der Waals surface area contributed by atoms with Gasteiger partial charge < -0.3 is 4.52 Å². The predicted octanol–water partition coefficient (Wildman–Crippen LogP) is 1.46. The van der Waals surface area contributed by atoms with Gasteiger partial charge in [-0.05, 0) is 30.7 Å². The summed E-state index contributed by atoms with van der Waals surface area (Å²) in [5.41, 5.74) is 2.04. The summed E-state index contributed by atoms with van der Waals surface area (Å²) in [6.07, 6.45) is 1.11. The smallest absolute Gasteiger partial charge is 0.258 e. The quantitative estimate of drug-likeness (QED) is 0.842. The van der Waals surface area contributed by atoms with E-state index in [1.54, 1.807) is 18.2 Å². The fourth-order valence-electron chi connectivity index (χ4n) is 1.63. The van der Waals surface area contributed by atoms with E-state index in [2.05, 4.69) is 10.1 Å². The highest BCUT2D eigenvalue weighted by Crippen LogP contribution is 2.22. The van der Waals surface area contributed by atoms with E-state index in [0.717, 1.165) is 11.8 Å². The SMILES string of the molecule is Cc1cc(C#N)ccc1-c1nc(CS(C)(=O)=O)no1. The first-order valence-corrected chi connectivity index (χ1v) is 7.46. The van der Waals surface area contributed by atoms with Crippen LogP contribution < -0.4 is 0 Å². The Morgan fingerprint density at radius 2 is 2.16 bits per heavy atom. The van der Waals surface area contributed by atoms with Crippen molar-refractivity contribution in [2.24, 2.45) is 0 Å². The van der Waals surface area contributed by atoms with Crippen LogP contribution in [-0.2, 0) is 15.6 Å². The molecule has 0 bridgehead atoms. The number of nitrogens with zero attached hydrogens (tertiary/aromatic N) is 3. The molecule has 98 valence electrons. The van der Waals surface area contributed by atoms with Crippen molar-refractivity contribution in [1.82, 2.24) is 10.1 Å². The second kappa shape index (κ2) is 4.82. The van der Waals surface area contributed by atoms with Gasteiger partial charge in [0.25, 0.3) is 5.89 Å². The molecule has 0 aliphatic rings. The number of nitriles is 1. The van der Waals surface area contributed by atoms with Crippen molar-refractivity contribution in [3.8, 4) is 17.5 Å². The van der Waals surface area contributed by atoms with E-state index in [4.69, 9.17) is 9.78 Å². The Labute approximate surface area is 110 Å². The molecule has 2 aromatic rings. The lowest BCUT2D eigenvalue weighted by molar-refractivity contribution is 0.424. The van der Waals surface area contributed by atoms with Gasteiger partial charge >= 0.3 is 0 Å². The van der Waals surface area contributed by atoms with Gasteiger partial charge in [0.15, 0.2) is 15.7 Å². The number of sulfone groups is 1. The molecule has 0 fully saturated rings. The lowest BCUT2D eigenvalue weighted by atomic mass is 10.1. The van der Waals surface area contributed by atoms with Crippen LogP contribution in [0.15, 0.2) is 22.7 Å². The van der Waals surface area contributed by atoms with Crippen LogP contribution in [0.4, 0.5) is 0 Å². The third kappa shape index (κ3) is 3.17. The molecule has 2 rings (SSSR count). The van der Waals surface area contributed by atoms with Crippen molar-refractivity contribution >= 4 is 9.84 Å². The summed E-state index contributed by atoms with van der Waals surface area (Å²) in [6, 6.07) is 7.08. The van der Waals surface area contributed by atoms with Crippen molar-refractivity contribution in [3.63, 3.8) is 0 Å². The zero-order valence-corrected chi connectivity index (χ0v) is 11.2. The van der Waals surface area contributed by atoms with Gasteiger partial charge in [-0.3, -0.25) is 0 Å². The van der Waals surface area contributed by atoms with Crippen molar-refractivity contribution < 1.29 is 12.9 Å². The predicted molar refractivity (Wildman–Crippen MR) is 67.7 cm³/mol. The van der Waals surface area contributed by atoms with Crippen LogP contribution in [0.1, 0.15) is 17.0 Å². The van der Waals surface area contributed by atoms with Gasteiger partial charge in [0.2, 0.25) is 0 Å². The maximum atomic E-state index is 11.1. The zero-order chi connectivity index (χ0) is 14.0. The van der Waals surface area contributed by atoms with Crippen molar-refractivity contribution in [3.05, 3.63) is 35.2 Å². The highest BCUT2D eigenvalue weighted by atomic mass is 32.2. The van der Waals surface area contributed by atoms with Gasteiger partial charge in [-0.1, -0.05) is 5.16 Å². The standard InChI is InChI=1S/C12H11N3O3S/c1-8-5-9(6-13)3-4-10(8)12-14-11(15-18-12)7-19(2,16)17/h3-5H,7H2,1-2H3. The topological polar surface area (TPSA) is 96.8 Å². The summed E-state index contributed by atoms with van der Waals surface area (Å²) in [5.74, 6) is 0.119. The molecule has 6 nitrogen and oxygen atoms in total. The van der Waals surface area contributed by atoms with Gasteiger partial charge in [0.1, 0.15) is 5.75 Å². The molecule has 7 heteroatoms. The second-order valence-electron chi connectivity index (χ2n) is 4.23. The molecule has 1 heterocycles. The van der Waals surface area contributed by atoms with Crippen LogP contribution in [0.3, 0.4) is 0 Å². The Kier molecular flexibility index (Phi) is 3.36. The molecule has 0 saturated carbocycles. The molecule has 0 unspecified atom stereocenters. The van der Waals surface area contributed by atoms with E-state index >= 15 is 0 Å². The van der Waals surface area contributed by atoms with E-state index in [1.807, 2.05) is 13.0 Å². The number of rotatable bonds is 3. The number of aromatic nitrogens is 2. The highest BCUT2D eigenvalue weighted by Gasteiger charge is 2.14. The number of benzene rings is 1. The molecule has 1 aromatic heterocycles. The summed E-state index contributed by atoms with van der Waals surface area (Å²) in [7, 11) is -3.19. The van der Waals surface area contributed by atoms with Crippen molar-refractivity contribution in [1.29, 1.82) is 5.26 Å². The van der Waals surface area contributed by atoms with Gasteiger partial charge in [0.05, 0.1) is 11.6 Å². The maximum absolute atomic E-state index is 11.1. The maximum Gasteiger partial charge on any atom is 0.258 e. The number of hydrogen-bond acceptors (Lipinski definition) is 6. The minimum atomic E-state index is -3.19. The number of hydrogen-bond donors (Lipinski definition) is 0. The third-order valence-corrected chi connectivity index (χ3v) is 3.23. The van der Waals surface area contributed by atoms with Gasteiger partial charge in [-0.15, -0.1) is 0 Å². The third-order valence-electron chi connectivity index (χ3n) is 2.45. The van der Waals surface area contributed by atoms with Crippen LogP contribution in [0, 0.1) is 18.3 Å². The first-order valence-electron chi connectivity index (χ1n) is 5.40. The first kappa shape index (κ1) is 13.2. The largest absolute Gasteiger partial charge is 0.334 e. The van der Waals surface area contributed by atoms with Crippen LogP contribution in [0.2, 0.25) is 0 Å². The van der Waals surface area contributed by atoms with Crippen LogP contribution in [0.5, 0.6) is 0 Å². The Hall–Kier alpha value is -2.20. The highest BCUT2D eigenvalue weighted by molar-refractivity contribution is 7.89. The molecular weight excluding hydrogens is 266 g/mol. The summed E-state index contributed by atoms with van der Waals surface area (Å²) in [4.78, 5) is 4.04. The van der Waals surface area contributed by atoms with E-state index in [-0.39, 0.29) is 17.5 Å². The molecule has 1 aromatic carbocycles. The molecule has 0 radical (unpaired) electrons. The average Bonchev–Trinajstić information content (AvgIpc) is 2.74. The van der Waals surface area contributed by atoms with Crippen molar-refractivity contribution in [2.75, 3.05) is 6.26 Å². The van der Waals surface area contributed by atoms with Crippen LogP contribution >= 0.6 is 0 Å². The Bertz CT molecular complexity index is 757. The molecule has 0 aliphatic heterocycles. The minimum absolute atomic E-state index is 0.126. The fourth-order valence-corrected chi connectivity index (χ4v) is 2.22. The Morgan fingerprint density at radius 1 is 1.42 bits per heavy atom. The summed E-state index contributed by atoms with van der Waals surface area (Å²) in [5, 5.41) is 12.4. The molecule has 19 heavy (non-hydrogen) atoms. The number of aryl methyl sites for hydroxylation is 1. The van der Waals surface area contributed by atoms with Gasteiger partial charge in [-0.25, -0.2) is 8.42 Å². The fraction of sp³-hybridized carbons (Fsp3) is 0.250. The molecule has 0 saturated heterocycles. The average molecular weight is 277 g/mol. The Morgan fingerprint density at radius 3 is 2.74 bits per heavy atom. The second-order valence-corrected chi connectivity index (χ2v) is 6.37. The van der Waals surface area contributed by atoms with Gasteiger partial charge in [0, 0.05) is 11.8 Å². The monoisotopic (exact) mass is 277 g/mol. The van der Waals surface area contributed by atoms with E-state index in [1.165, 1.54) is 0 Å². The molecule has 0 N–H and O–H groups in total. The van der Waals surface area contributed by atoms with Crippen molar-refractivity contribution in [2.45, 2.75) is 12.7 Å². The van der Waals surface area contributed by atoms with Gasteiger partial charge in [-0.2, -0.15) is 10.2 Å².